The number of nitrogens with zero attached hydrogens (tertiary/aromatic N) is 3. The van der Waals surface area contributed by atoms with Crippen molar-refractivity contribution in [2.45, 2.75) is 9.79 Å². The molecule has 5 rings (SSSR count). The van der Waals surface area contributed by atoms with Crippen LogP contribution in [-0.4, -0.2) is 8.75 Å². The normalized spacial score (nSPS) is 11.2. The van der Waals surface area contributed by atoms with E-state index >= 15 is 0 Å². The van der Waals surface area contributed by atoms with Gasteiger partial charge in [0.2, 0.25) is 0 Å². The maximum absolute atomic E-state index is 4.43. The molecule has 0 unspecified atom stereocenters. The van der Waals surface area contributed by atoms with E-state index in [-0.39, 0.29) is 0 Å². The topological polar surface area (TPSA) is 29.0 Å². The quantitative estimate of drug-likeness (QED) is 0.273. The number of anilines is 2. The van der Waals surface area contributed by atoms with Crippen molar-refractivity contribution in [1.82, 2.24) is 8.75 Å². The van der Waals surface area contributed by atoms with Gasteiger partial charge in [0.05, 0.1) is 11.7 Å². The van der Waals surface area contributed by atoms with Crippen LogP contribution >= 0.6 is 23.5 Å². The average molecular weight is 438 g/mol. The number of hydrogen-bond acceptors (Lipinski definition) is 5. The summed E-state index contributed by atoms with van der Waals surface area (Å²) < 4.78 is 8.76. The highest BCUT2D eigenvalue weighted by Crippen LogP contribution is 2.33. The SMILES string of the molecule is C(=CN(c1ccccc1)c1ccccc1)c1ccc(Sc2cccc3nsnc23)cc1. The Morgan fingerprint density at radius 3 is 2.03 bits per heavy atom. The fraction of sp³-hybridized carbons (Fsp3) is 0. The maximum Gasteiger partial charge on any atom is 0.118 e. The molecule has 1 aromatic heterocycles. The summed E-state index contributed by atoms with van der Waals surface area (Å²) in [6, 6.07) is 35.5. The lowest BCUT2D eigenvalue weighted by molar-refractivity contribution is 1.29. The van der Waals surface area contributed by atoms with E-state index < -0.39 is 0 Å². The second-order valence-electron chi connectivity index (χ2n) is 6.92. The summed E-state index contributed by atoms with van der Waals surface area (Å²) in [6.07, 6.45) is 4.26. The zero-order valence-electron chi connectivity index (χ0n) is 16.6. The van der Waals surface area contributed by atoms with Crippen LogP contribution in [0.25, 0.3) is 17.1 Å². The summed E-state index contributed by atoms with van der Waals surface area (Å²) in [7, 11) is 0. The Hall–Kier alpha value is -3.41. The van der Waals surface area contributed by atoms with Crippen molar-refractivity contribution >= 4 is 52.0 Å². The summed E-state index contributed by atoms with van der Waals surface area (Å²) in [5, 5.41) is 0. The Morgan fingerprint density at radius 1 is 0.677 bits per heavy atom. The minimum atomic E-state index is 0.955. The third-order valence-electron chi connectivity index (χ3n) is 4.84. The lowest BCUT2D eigenvalue weighted by Gasteiger charge is -2.20. The molecule has 4 aromatic carbocycles. The zero-order valence-corrected chi connectivity index (χ0v) is 18.3. The molecule has 0 N–H and O–H groups in total. The maximum atomic E-state index is 4.43. The van der Waals surface area contributed by atoms with Crippen molar-refractivity contribution in [3.05, 3.63) is 115 Å². The van der Waals surface area contributed by atoms with Gasteiger partial charge in [0, 0.05) is 27.4 Å². The molecule has 0 aliphatic rings. The molecule has 0 bridgehead atoms. The van der Waals surface area contributed by atoms with Gasteiger partial charge >= 0.3 is 0 Å². The van der Waals surface area contributed by atoms with E-state index in [1.807, 2.05) is 24.3 Å². The Kier molecular flexibility index (Phi) is 5.78. The first-order chi connectivity index (χ1) is 15.4. The van der Waals surface area contributed by atoms with Crippen LogP contribution in [-0.2, 0) is 0 Å². The molecule has 0 fully saturated rings. The first kappa shape index (κ1) is 19.5. The Balaban J connectivity index is 1.37. The van der Waals surface area contributed by atoms with E-state index in [0.717, 1.165) is 32.9 Å². The van der Waals surface area contributed by atoms with Gasteiger partial charge in [0.1, 0.15) is 11.0 Å². The molecule has 0 aliphatic carbocycles. The minimum absolute atomic E-state index is 0.955. The first-order valence-electron chi connectivity index (χ1n) is 9.93. The summed E-state index contributed by atoms with van der Waals surface area (Å²) >= 11 is 2.98. The molecule has 0 radical (unpaired) electrons. The van der Waals surface area contributed by atoms with Gasteiger partial charge in [-0.1, -0.05) is 66.4 Å². The number of rotatable bonds is 6. The lowest BCUT2D eigenvalue weighted by atomic mass is 10.2. The van der Waals surface area contributed by atoms with Crippen molar-refractivity contribution in [2.75, 3.05) is 4.90 Å². The summed E-state index contributed by atoms with van der Waals surface area (Å²) in [6.45, 7) is 0. The number of benzene rings is 4. The third kappa shape index (κ3) is 4.53. The summed E-state index contributed by atoms with van der Waals surface area (Å²) in [4.78, 5) is 4.51. The summed E-state index contributed by atoms with van der Waals surface area (Å²) in [5.74, 6) is 0. The highest BCUT2D eigenvalue weighted by Gasteiger charge is 2.07. The van der Waals surface area contributed by atoms with Crippen molar-refractivity contribution in [3.8, 4) is 0 Å². The molecule has 0 spiro atoms. The second kappa shape index (κ2) is 9.16. The van der Waals surface area contributed by atoms with Crippen molar-refractivity contribution in [1.29, 1.82) is 0 Å². The van der Waals surface area contributed by atoms with Crippen LogP contribution in [0.15, 0.2) is 119 Å². The Morgan fingerprint density at radius 2 is 1.35 bits per heavy atom. The van der Waals surface area contributed by atoms with Crippen LogP contribution < -0.4 is 4.90 Å². The Bertz CT molecular complexity index is 1260. The largest absolute Gasteiger partial charge is 0.317 e. The molecular weight excluding hydrogens is 418 g/mol. The van der Waals surface area contributed by atoms with E-state index in [2.05, 4.69) is 105 Å². The minimum Gasteiger partial charge on any atom is -0.317 e. The van der Waals surface area contributed by atoms with Crippen LogP contribution in [0.4, 0.5) is 11.4 Å². The molecule has 3 nitrogen and oxygen atoms in total. The van der Waals surface area contributed by atoms with Gasteiger partial charge < -0.3 is 4.90 Å². The van der Waals surface area contributed by atoms with Gasteiger partial charge in [-0.25, -0.2) is 0 Å². The molecule has 5 aromatic rings. The molecular formula is C26H19N3S2. The average Bonchev–Trinajstić information content (AvgIpc) is 3.32. The summed E-state index contributed by atoms with van der Waals surface area (Å²) in [5.41, 5.74) is 5.33. The smallest absolute Gasteiger partial charge is 0.118 e. The number of para-hydroxylation sites is 2. The van der Waals surface area contributed by atoms with Crippen LogP contribution in [0.3, 0.4) is 0 Å². The molecule has 0 saturated heterocycles. The predicted molar refractivity (Wildman–Crippen MR) is 132 cm³/mol. The number of aromatic nitrogens is 2. The standard InChI is InChI=1S/C26H19N3S2/c1-3-8-21(9-4-1)29(22-10-5-2-6-11-22)19-18-20-14-16-23(17-15-20)30-25-13-7-12-24-26(25)28-31-27-24/h1-19H. The van der Waals surface area contributed by atoms with E-state index in [1.54, 1.807) is 11.8 Å². The molecule has 0 aliphatic heterocycles. The van der Waals surface area contributed by atoms with Gasteiger partial charge in [0.25, 0.3) is 0 Å². The van der Waals surface area contributed by atoms with Gasteiger partial charge in [0.15, 0.2) is 0 Å². The van der Waals surface area contributed by atoms with Crippen LogP contribution in [0.5, 0.6) is 0 Å². The number of hydrogen-bond donors (Lipinski definition) is 0. The van der Waals surface area contributed by atoms with Crippen molar-refractivity contribution in [3.63, 3.8) is 0 Å². The molecule has 150 valence electrons. The second-order valence-corrected chi connectivity index (χ2v) is 8.56. The molecule has 0 amide bonds. The third-order valence-corrected chi connectivity index (χ3v) is 6.44. The highest BCUT2D eigenvalue weighted by molar-refractivity contribution is 7.99. The highest BCUT2D eigenvalue weighted by atomic mass is 32.2. The van der Waals surface area contributed by atoms with Gasteiger partial charge in [-0.2, -0.15) is 8.75 Å². The molecule has 5 heteroatoms. The predicted octanol–water partition coefficient (Wildman–Crippen LogP) is 7.65. The monoisotopic (exact) mass is 437 g/mol. The van der Waals surface area contributed by atoms with Crippen LogP contribution in [0.2, 0.25) is 0 Å². The van der Waals surface area contributed by atoms with E-state index in [0.29, 0.717) is 0 Å². The first-order valence-corrected chi connectivity index (χ1v) is 11.5. The van der Waals surface area contributed by atoms with E-state index in [4.69, 9.17) is 0 Å². The van der Waals surface area contributed by atoms with Gasteiger partial charge in [-0.05, 0) is 60.2 Å². The molecule has 0 atom stereocenters. The van der Waals surface area contributed by atoms with Crippen LogP contribution in [0, 0.1) is 0 Å². The number of fused-ring (bicyclic) bond motifs is 1. The fourth-order valence-corrected chi connectivity index (χ4v) is 4.82. The molecule has 1 heterocycles. The van der Waals surface area contributed by atoms with Crippen molar-refractivity contribution in [2.24, 2.45) is 0 Å². The van der Waals surface area contributed by atoms with Gasteiger partial charge in [-0.15, -0.1) is 0 Å². The molecule has 31 heavy (non-hydrogen) atoms. The fourth-order valence-electron chi connectivity index (χ4n) is 3.30. The van der Waals surface area contributed by atoms with E-state index in [9.17, 15) is 0 Å². The van der Waals surface area contributed by atoms with Crippen LogP contribution in [0.1, 0.15) is 5.56 Å². The molecule has 0 saturated carbocycles. The van der Waals surface area contributed by atoms with Gasteiger partial charge in [-0.3, -0.25) is 0 Å². The van der Waals surface area contributed by atoms with E-state index in [1.165, 1.54) is 16.6 Å². The Labute approximate surface area is 190 Å². The zero-order chi connectivity index (χ0) is 20.9. The van der Waals surface area contributed by atoms with Crippen molar-refractivity contribution < 1.29 is 0 Å². The lowest BCUT2D eigenvalue weighted by Crippen LogP contribution is -2.07.